The summed E-state index contributed by atoms with van der Waals surface area (Å²) in [5.41, 5.74) is 1.45. The van der Waals surface area contributed by atoms with Crippen LogP contribution in [0.3, 0.4) is 0 Å². The van der Waals surface area contributed by atoms with E-state index in [1.807, 2.05) is 0 Å². The summed E-state index contributed by atoms with van der Waals surface area (Å²) >= 11 is 0. The van der Waals surface area contributed by atoms with Crippen molar-refractivity contribution in [3.8, 4) is 0 Å². The van der Waals surface area contributed by atoms with Gasteiger partial charge in [-0.2, -0.15) is 0 Å². The summed E-state index contributed by atoms with van der Waals surface area (Å²) in [5, 5.41) is 7.52. The molecule has 3 rings (SSSR count). The van der Waals surface area contributed by atoms with Gasteiger partial charge < -0.3 is 14.7 Å². The van der Waals surface area contributed by atoms with E-state index >= 15 is 0 Å². The summed E-state index contributed by atoms with van der Waals surface area (Å²) in [6, 6.07) is 2.12. The fourth-order valence-electron chi connectivity index (χ4n) is 2.03. The molecule has 82 valence electrons. The first-order valence-corrected chi connectivity index (χ1v) is 5.71. The molecule has 4 heteroatoms. The number of aromatic nitrogens is 1. The molecule has 1 saturated heterocycles. The largest absolute Gasteiger partial charge is 0.338 e. The highest BCUT2D eigenvalue weighted by Crippen LogP contribution is 2.47. The summed E-state index contributed by atoms with van der Waals surface area (Å²) in [4.78, 5) is 2.26. The molecule has 0 bridgehead atoms. The van der Waals surface area contributed by atoms with Gasteiger partial charge in [-0.25, -0.2) is 0 Å². The molecule has 1 N–H and O–H groups in total. The van der Waals surface area contributed by atoms with Crippen LogP contribution >= 0.6 is 0 Å². The van der Waals surface area contributed by atoms with Crippen molar-refractivity contribution in [2.24, 2.45) is 0 Å². The quantitative estimate of drug-likeness (QED) is 0.789. The number of piperazine rings is 1. The van der Waals surface area contributed by atoms with Crippen LogP contribution in [0, 0.1) is 0 Å². The van der Waals surface area contributed by atoms with Crippen molar-refractivity contribution in [1.29, 1.82) is 0 Å². The van der Waals surface area contributed by atoms with Gasteiger partial charge in [0.05, 0.1) is 5.69 Å². The molecule has 1 aliphatic heterocycles. The van der Waals surface area contributed by atoms with Crippen molar-refractivity contribution in [3.63, 3.8) is 0 Å². The van der Waals surface area contributed by atoms with Crippen LogP contribution in [0.4, 0.5) is 5.88 Å². The summed E-state index contributed by atoms with van der Waals surface area (Å²) in [7, 11) is 0. The van der Waals surface area contributed by atoms with Crippen LogP contribution in [0.15, 0.2) is 10.6 Å². The monoisotopic (exact) mass is 207 g/mol. The van der Waals surface area contributed by atoms with Gasteiger partial charge >= 0.3 is 0 Å². The molecule has 0 radical (unpaired) electrons. The minimum absolute atomic E-state index is 0.315. The highest BCUT2D eigenvalue weighted by molar-refractivity contribution is 5.39. The average Bonchev–Trinajstić information content (AvgIpc) is 2.85. The van der Waals surface area contributed by atoms with Crippen LogP contribution in [-0.2, 0) is 5.41 Å². The second-order valence-corrected chi connectivity index (χ2v) is 4.85. The van der Waals surface area contributed by atoms with Gasteiger partial charge in [0.2, 0.25) is 5.88 Å². The number of rotatable bonds is 2. The maximum absolute atomic E-state index is 5.42. The normalized spacial score (nSPS) is 24.2. The van der Waals surface area contributed by atoms with Gasteiger partial charge in [-0.05, 0) is 12.8 Å². The lowest BCUT2D eigenvalue weighted by atomic mass is 10.1. The van der Waals surface area contributed by atoms with Crippen LogP contribution < -0.4 is 10.2 Å². The van der Waals surface area contributed by atoms with Crippen molar-refractivity contribution in [2.75, 3.05) is 31.1 Å². The number of hydrogen-bond acceptors (Lipinski definition) is 4. The van der Waals surface area contributed by atoms with E-state index in [9.17, 15) is 0 Å². The lowest BCUT2D eigenvalue weighted by molar-refractivity contribution is 0.395. The second-order valence-electron chi connectivity index (χ2n) is 4.85. The zero-order valence-corrected chi connectivity index (χ0v) is 9.12. The SMILES string of the molecule is CC1(c2cc(N3CCNCC3)on2)CC1. The minimum Gasteiger partial charge on any atom is -0.338 e. The van der Waals surface area contributed by atoms with Gasteiger partial charge in [-0.3, -0.25) is 0 Å². The van der Waals surface area contributed by atoms with E-state index in [1.165, 1.54) is 12.8 Å². The van der Waals surface area contributed by atoms with Crippen LogP contribution in [0.1, 0.15) is 25.5 Å². The molecular formula is C11H17N3O. The zero-order chi connectivity index (χ0) is 10.3. The highest BCUT2D eigenvalue weighted by atomic mass is 16.5. The number of nitrogens with one attached hydrogen (secondary N) is 1. The van der Waals surface area contributed by atoms with Crippen LogP contribution in [0.25, 0.3) is 0 Å². The van der Waals surface area contributed by atoms with E-state index in [4.69, 9.17) is 4.52 Å². The summed E-state index contributed by atoms with van der Waals surface area (Å²) in [6.07, 6.45) is 2.50. The number of nitrogens with zero attached hydrogens (tertiary/aromatic N) is 2. The topological polar surface area (TPSA) is 41.3 Å². The molecule has 2 fully saturated rings. The van der Waals surface area contributed by atoms with Gasteiger partial charge in [0, 0.05) is 37.7 Å². The van der Waals surface area contributed by atoms with E-state index in [2.05, 4.69) is 28.4 Å². The zero-order valence-electron chi connectivity index (χ0n) is 9.12. The Balaban J connectivity index is 1.77. The maximum atomic E-state index is 5.42. The first-order chi connectivity index (χ1) is 7.28. The molecule has 0 aromatic carbocycles. The van der Waals surface area contributed by atoms with Gasteiger partial charge in [-0.1, -0.05) is 12.1 Å². The van der Waals surface area contributed by atoms with E-state index in [0.29, 0.717) is 5.41 Å². The van der Waals surface area contributed by atoms with Gasteiger partial charge in [0.25, 0.3) is 0 Å². The maximum Gasteiger partial charge on any atom is 0.227 e. The molecule has 1 saturated carbocycles. The summed E-state index contributed by atoms with van der Waals surface area (Å²) in [5.74, 6) is 0.944. The molecule has 15 heavy (non-hydrogen) atoms. The standard InChI is InChI=1S/C11H17N3O/c1-11(2-3-11)9-8-10(15-13-9)14-6-4-12-5-7-14/h8,12H,2-7H2,1H3. The Labute approximate surface area is 89.6 Å². The van der Waals surface area contributed by atoms with Crippen LogP contribution in [-0.4, -0.2) is 31.3 Å². The molecule has 2 heterocycles. The Morgan fingerprint density at radius 1 is 1.40 bits per heavy atom. The van der Waals surface area contributed by atoms with Crippen LogP contribution in [0.2, 0.25) is 0 Å². The van der Waals surface area contributed by atoms with Crippen molar-refractivity contribution >= 4 is 5.88 Å². The molecular weight excluding hydrogens is 190 g/mol. The van der Waals surface area contributed by atoms with E-state index < -0.39 is 0 Å². The minimum atomic E-state index is 0.315. The Morgan fingerprint density at radius 3 is 2.80 bits per heavy atom. The third kappa shape index (κ3) is 1.63. The predicted molar refractivity (Wildman–Crippen MR) is 58.2 cm³/mol. The fourth-order valence-corrected chi connectivity index (χ4v) is 2.03. The Kier molecular flexibility index (Phi) is 1.99. The van der Waals surface area contributed by atoms with E-state index in [1.54, 1.807) is 0 Å². The molecule has 1 aromatic heterocycles. The summed E-state index contributed by atoms with van der Waals surface area (Å²) < 4.78 is 5.42. The molecule has 0 atom stereocenters. The smallest absolute Gasteiger partial charge is 0.227 e. The van der Waals surface area contributed by atoms with Gasteiger partial charge in [-0.15, -0.1) is 0 Å². The lowest BCUT2D eigenvalue weighted by Crippen LogP contribution is -2.43. The van der Waals surface area contributed by atoms with Crippen molar-refractivity contribution in [3.05, 3.63) is 11.8 Å². The Hall–Kier alpha value is -1.03. The molecule has 1 aliphatic carbocycles. The number of hydrogen-bond donors (Lipinski definition) is 1. The van der Waals surface area contributed by atoms with Crippen molar-refractivity contribution in [1.82, 2.24) is 10.5 Å². The number of anilines is 1. The van der Waals surface area contributed by atoms with Gasteiger partial charge in [0.15, 0.2) is 0 Å². The van der Waals surface area contributed by atoms with Crippen molar-refractivity contribution in [2.45, 2.75) is 25.2 Å². The fraction of sp³-hybridized carbons (Fsp3) is 0.727. The highest BCUT2D eigenvalue weighted by Gasteiger charge is 2.42. The molecule has 0 unspecified atom stereocenters. The van der Waals surface area contributed by atoms with E-state index in [-0.39, 0.29) is 0 Å². The van der Waals surface area contributed by atoms with Gasteiger partial charge in [0.1, 0.15) is 0 Å². The molecule has 0 amide bonds. The third-order valence-electron chi connectivity index (χ3n) is 3.54. The summed E-state index contributed by atoms with van der Waals surface area (Å²) in [6.45, 7) is 6.36. The van der Waals surface area contributed by atoms with Crippen molar-refractivity contribution < 1.29 is 4.52 Å². The second kappa shape index (κ2) is 3.23. The molecule has 2 aliphatic rings. The Bertz CT molecular complexity index is 350. The molecule has 1 aromatic rings. The molecule has 4 nitrogen and oxygen atoms in total. The lowest BCUT2D eigenvalue weighted by Gasteiger charge is -2.26. The first-order valence-electron chi connectivity index (χ1n) is 5.71. The predicted octanol–water partition coefficient (Wildman–Crippen LogP) is 1.14. The molecule has 0 spiro atoms. The van der Waals surface area contributed by atoms with Crippen LogP contribution in [0.5, 0.6) is 0 Å². The Morgan fingerprint density at radius 2 is 2.13 bits per heavy atom. The van der Waals surface area contributed by atoms with E-state index in [0.717, 1.165) is 37.8 Å². The first kappa shape index (κ1) is 9.21. The third-order valence-corrected chi connectivity index (χ3v) is 3.54. The average molecular weight is 207 g/mol.